The number of carbonyl (C=O) groups is 2. The van der Waals surface area contributed by atoms with Gasteiger partial charge in [0.25, 0.3) is 0 Å². The largest absolute Gasteiger partial charge is 0.491 e. The Bertz CT molecular complexity index is 1010. The lowest BCUT2D eigenvalue weighted by molar-refractivity contribution is -0.146. The van der Waals surface area contributed by atoms with Gasteiger partial charge in [0.2, 0.25) is 11.8 Å². The SMILES string of the molecule is O=C(C1CCCC1)N(CC(=O)N1CCc2sccc2[C@@H]1COc1ccc(F)cc1)C[C@H]1CCCO1. The van der Waals surface area contributed by atoms with E-state index < -0.39 is 0 Å². The van der Waals surface area contributed by atoms with Gasteiger partial charge in [0.05, 0.1) is 18.7 Å². The van der Waals surface area contributed by atoms with E-state index in [4.69, 9.17) is 9.47 Å². The summed E-state index contributed by atoms with van der Waals surface area (Å²) in [6.45, 7) is 2.15. The fourth-order valence-corrected chi connectivity index (χ4v) is 6.46. The molecule has 2 atom stereocenters. The molecule has 1 saturated carbocycles. The monoisotopic (exact) mass is 500 g/mol. The number of thiophene rings is 1. The highest BCUT2D eigenvalue weighted by Crippen LogP contribution is 2.34. The van der Waals surface area contributed by atoms with Crippen LogP contribution in [0.2, 0.25) is 0 Å². The van der Waals surface area contributed by atoms with Gasteiger partial charge in [-0.25, -0.2) is 4.39 Å². The standard InChI is InChI=1S/C27H33FN2O4S/c28-20-7-9-21(10-8-20)34-18-24-23-12-15-35-25(23)11-13-30(24)26(31)17-29(16-22-6-3-14-33-22)27(32)19-4-1-2-5-19/h7-10,12,15,19,22,24H,1-6,11,13-14,16-18H2/t22-,24+/m1/s1. The van der Waals surface area contributed by atoms with Crippen LogP contribution in [0.25, 0.3) is 0 Å². The maximum atomic E-state index is 13.7. The minimum atomic E-state index is -0.315. The number of benzene rings is 1. The summed E-state index contributed by atoms with van der Waals surface area (Å²) in [5.41, 5.74) is 1.10. The second-order valence-electron chi connectivity index (χ2n) is 9.75. The predicted octanol–water partition coefficient (Wildman–Crippen LogP) is 4.59. The molecule has 2 aliphatic heterocycles. The van der Waals surface area contributed by atoms with Crippen LogP contribution in [0.5, 0.6) is 5.75 Å². The van der Waals surface area contributed by atoms with Crippen molar-refractivity contribution in [3.8, 4) is 5.75 Å². The molecule has 0 N–H and O–H groups in total. The molecule has 3 heterocycles. The van der Waals surface area contributed by atoms with E-state index in [2.05, 4.69) is 11.4 Å². The zero-order valence-corrected chi connectivity index (χ0v) is 20.8. The van der Waals surface area contributed by atoms with Gasteiger partial charge in [-0.05, 0) is 73.4 Å². The Morgan fingerprint density at radius 1 is 1.11 bits per heavy atom. The first-order valence-corrected chi connectivity index (χ1v) is 13.6. The van der Waals surface area contributed by atoms with Gasteiger partial charge in [-0.15, -0.1) is 11.3 Å². The average Bonchev–Trinajstić information content (AvgIpc) is 3.65. The second kappa shape index (κ2) is 11.1. The molecule has 1 saturated heterocycles. The van der Waals surface area contributed by atoms with Crippen LogP contribution in [0.4, 0.5) is 4.39 Å². The summed E-state index contributed by atoms with van der Waals surface area (Å²) in [7, 11) is 0. The van der Waals surface area contributed by atoms with Crippen molar-refractivity contribution < 1.29 is 23.5 Å². The molecule has 2 amide bonds. The Labute approximate surface area is 210 Å². The van der Waals surface area contributed by atoms with E-state index in [0.717, 1.165) is 57.1 Å². The Morgan fingerprint density at radius 3 is 2.66 bits per heavy atom. The normalized spacial score (nSPS) is 22.3. The Hall–Kier alpha value is -2.45. The fraction of sp³-hybridized carbons (Fsp3) is 0.556. The molecule has 2 fully saturated rings. The lowest BCUT2D eigenvalue weighted by Crippen LogP contribution is -2.50. The summed E-state index contributed by atoms with van der Waals surface area (Å²) in [5, 5.41) is 2.05. The third-order valence-corrected chi connectivity index (χ3v) is 8.42. The summed E-state index contributed by atoms with van der Waals surface area (Å²) < 4.78 is 25.1. The number of carbonyl (C=O) groups excluding carboxylic acids is 2. The van der Waals surface area contributed by atoms with Gasteiger partial charge in [0.1, 0.15) is 18.2 Å². The first-order chi connectivity index (χ1) is 17.1. The van der Waals surface area contributed by atoms with Crippen LogP contribution in [0.15, 0.2) is 35.7 Å². The van der Waals surface area contributed by atoms with Gasteiger partial charge in [-0.3, -0.25) is 9.59 Å². The van der Waals surface area contributed by atoms with E-state index in [0.29, 0.717) is 18.8 Å². The molecule has 8 heteroatoms. The number of halogens is 1. The zero-order valence-electron chi connectivity index (χ0n) is 20.0. The van der Waals surface area contributed by atoms with Crippen molar-refractivity contribution in [1.82, 2.24) is 9.80 Å². The van der Waals surface area contributed by atoms with Crippen LogP contribution < -0.4 is 4.74 Å². The lowest BCUT2D eigenvalue weighted by Gasteiger charge is -2.37. The van der Waals surface area contributed by atoms with Crippen molar-refractivity contribution in [2.75, 3.05) is 32.8 Å². The molecule has 3 aliphatic rings. The molecule has 2 aromatic rings. The van der Waals surface area contributed by atoms with E-state index in [1.165, 1.54) is 17.0 Å². The average molecular weight is 501 g/mol. The van der Waals surface area contributed by atoms with E-state index in [-0.39, 0.29) is 48.8 Å². The third kappa shape index (κ3) is 5.70. The Kier molecular flexibility index (Phi) is 7.68. The van der Waals surface area contributed by atoms with Crippen LogP contribution in [0.1, 0.15) is 55.0 Å². The molecule has 1 aliphatic carbocycles. The van der Waals surface area contributed by atoms with Gasteiger partial charge >= 0.3 is 0 Å². The minimum Gasteiger partial charge on any atom is -0.491 e. The van der Waals surface area contributed by atoms with Crippen LogP contribution in [0, 0.1) is 11.7 Å². The molecule has 1 aromatic heterocycles. The van der Waals surface area contributed by atoms with E-state index in [1.54, 1.807) is 28.4 Å². The van der Waals surface area contributed by atoms with E-state index in [1.807, 2.05) is 4.90 Å². The number of ether oxygens (including phenoxy) is 2. The van der Waals surface area contributed by atoms with Crippen molar-refractivity contribution in [3.05, 3.63) is 52.0 Å². The number of hydrogen-bond donors (Lipinski definition) is 0. The van der Waals surface area contributed by atoms with Gasteiger partial charge in [0.15, 0.2) is 0 Å². The molecular weight excluding hydrogens is 467 g/mol. The second-order valence-corrected chi connectivity index (χ2v) is 10.8. The summed E-state index contributed by atoms with van der Waals surface area (Å²) >= 11 is 1.70. The van der Waals surface area contributed by atoms with Gasteiger partial charge in [-0.1, -0.05) is 12.8 Å². The molecular formula is C27H33FN2O4S. The van der Waals surface area contributed by atoms with Crippen molar-refractivity contribution in [2.24, 2.45) is 5.92 Å². The number of fused-ring (bicyclic) bond motifs is 1. The topological polar surface area (TPSA) is 59.1 Å². The molecule has 0 bridgehead atoms. The van der Waals surface area contributed by atoms with Gasteiger partial charge in [0, 0.05) is 30.5 Å². The summed E-state index contributed by atoms with van der Waals surface area (Å²) in [6, 6.07) is 7.75. The van der Waals surface area contributed by atoms with Crippen molar-refractivity contribution in [1.29, 1.82) is 0 Å². The first-order valence-electron chi connectivity index (χ1n) is 12.7. The number of nitrogens with zero attached hydrogens (tertiary/aromatic N) is 2. The first kappa shape index (κ1) is 24.3. The highest BCUT2D eigenvalue weighted by molar-refractivity contribution is 7.10. The van der Waals surface area contributed by atoms with Crippen molar-refractivity contribution >= 4 is 23.2 Å². The molecule has 1 aromatic carbocycles. The molecule has 35 heavy (non-hydrogen) atoms. The molecule has 0 unspecified atom stereocenters. The molecule has 6 nitrogen and oxygen atoms in total. The number of rotatable bonds is 8. The van der Waals surface area contributed by atoms with Crippen molar-refractivity contribution in [3.63, 3.8) is 0 Å². The third-order valence-electron chi connectivity index (χ3n) is 7.43. The number of amides is 2. The Morgan fingerprint density at radius 2 is 1.91 bits per heavy atom. The summed E-state index contributed by atoms with van der Waals surface area (Å²) in [6.07, 6.45) is 6.71. The molecule has 5 rings (SSSR count). The smallest absolute Gasteiger partial charge is 0.242 e. The van der Waals surface area contributed by atoms with E-state index in [9.17, 15) is 14.0 Å². The van der Waals surface area contributed by atoms with Gasteiger partial charge < -0.3 is 19.3 Å². The maximum absolute atomic E-state index is 13.7. The van der Waals surface area contributed by atoms with Crippen LogP contribution in [-0.4, -0.2) is 60.6 Å². The zero-order chi connectivity index (χ0) is 24.2. The quantitative estimate of drug-likeness (QED) is 0.532. The van der Waals surface area contributed by atoms with Gasteiger partial charge in [-0.2, -0.15) is 0 Å². The molecule has 0 radical (unpaired) electrons. The Balaban J connectivity index is 1.31. The number of hydrogen-bond acceptors (Lipinski definition) is 5. The maximum Gasteiger partial charge on any atom is 0.242 e. The van der Waals surface area contributed by atoms with Crippen LogP contribution >= 0.6 is 11.3 Å². The summed E-state index contributed by atoms with van der Waals surface area (Å²) in [5.74, 6) is 0.312. The molecule has 188 valence electrons. The van der Waals surface area contributed by atoms with E-state index >= 15 is 0 Å². The van der Waals surface area contributed by atoms with Crippen LogP contribution in [-0.2, 0) is 20.7 Å². The highest BCUT2D eigenvalue weighted by atomic mass is 32.1. The predicted molar refractivity (Wildman–Crippen MR) is 132 cm³/mol. The lowest BCUT2D eigenvalue weighted by atomic mass is 10.00. The fourth-order valence-electron chi connectivity index (χ4n) is 5.53. The minimum absolute atomic E-state index is 0.00981. The summed E-state index contributed by atoms with van der Waals surface area (Å²) in [4.78, 5) is 32.0. The van der Waals surface area contributed by atoms with Crippen molar-refractivity contribution in [2.45, 2.75) is 57.1 Å². The molecule has 0 spiro atoms. The van der Waals surface area contributed by atoms with Crippen LogP contribution in [0.3, 0.4) is 0 Å². The highest BCUT2D eigenvalue weighted by Gasteiger charge is 2.36.